The summed E-state index contributed by atoms with van der Waals surface area (Å²) >= 11 is 0. The molecule has 0 heterocycles. The summed E-state index contributed by atoms with van der Waals surface area (Å²) in [6.07, 6.45) is 0. The van der Waals surface area contributed by atoms with E-state index in [1.165, 1.54) is 12.1 Å². The van der Waals surface area contributed by atoms with Crippen molar-refractivity contribution in [2.24, 2.45) is 0 Å². The summed E-state index contributed by atoms with van der Waals surface area (Å²) in [5, 5.41) is 3.13. The molecular weight excluding hydrogens is 282 g/mol. The van der Waals surface area contributed by atoms with Crippen molar-refractivity contribution in [3.63, 3.8) is 0 Å². The standard InChI is InChI=1S/C16H15F4N/c1-9(2)21-8-10-3-4-11(14(18)7-10)12-5-6-13(17)16(20)15(12)19/h3-7,9,21H,8H2,1-2H3. The molecular formula is C16H15F4N. The topological polar surface area (TPSA) is 12.0 Å². The van der Waals surface area contributed by atoms with Gasteiger partial charge >= 0.3 is 0 Å². The van der Waals surface area contributed by atoms with Gasteiger partial charge in [0.1, 0.15) is 5.82 Å². The van der Waals surface area contributed by atoms with E-state index in [0.717, 1.165) is 12.1 Å². The van der Waals surface area contributed by atoms with Crippen LogP contribution in [-0.2, 0) is 6.54 Å². The van der Waals surface area contributed by atoms with Gasteiger partial charge in [0.05, 0.1) is 0 Å². The summed E-state index contributed by atoms with van der Waals surface area (Å²) in [5.74, 6) is -4.96. The van der Waals surface area contributed by atoms with Crippen LogP contribution in [0.25, 0.3) is 11.1 Å². The number of rotatable bonds is 4. The third kappa shape index (κ3) is 3.42. The first-order valence-corrected chi connectivity index (χ1v) is 6.56. The van der Waals surface area contributed by atoms with Crippen molar-refractivity contribution < 1.29 is 17.6 Å². The highest BCUT2D eigenvalue weighted by Crippen LogP contribution is 2.28. The average Bonchev–Trinajstić information content (AvgIpc) is 2.44. The first-order valence-electron chi connectivity index (χ1n) is 6.56. The lowest BCUT2D eigenvalue weighted by atomic mass is 10.0. The molecule has 2 rings (SSSR count). The molecule has 0 aliphatic rings. The van der Waals surface area contributed by atoms with Gasteiger partial charge in [-0.25, -0.2) is 17.6 Å². The minimum atomic E-state index is -1.60. The fraction of sp³-hybridized carbons (Fsp3) is 0.250. The van der Waals surface area contributed by atoms with E-state index < -0.39 is 23.3 Å². The molecule has 1 nitrogen and oxygen atoms in total. The fourth-order valence-electron chi connectivity index (χ4n) is 1.94. The first kappa shape index (κ1) is 15.5. The SMILES string of the molecule is CC(C)NCc1ccc(-c2ccc(F)c(F)c2F)c(F)c1. The van der Waals surface area contributed by atoms with Crippen LogP contribution in [-0.4, -0.2) is 6.04 Å². The maximum absolute atomic E-state index is 14.1. The van der Waals surface area contributed by atoms with Gasteiger partial charge in [0.25, 0.3) is 0 Å². The molecule has 0 radical (unpaired) electrons. The van der Waals surface area contributed by atoms with E-state index in [-0.39, 0.29) is 17.2 Å². The van der Waals surface area contributed by atoms with Crippen molar-refractivity contribution in [2.45, 2.75) is 26.4 Å². The number of halogens is 4. The molecule has 0 bridgehead atoms. The second kappa shape index (κ2) is 6.26. The highest BCUT2D eigenvalue weighted by Gasteiger charge is 2.17. The van der Waals surface area contributed by atoms with Gasteiger partial charge in [-0.3, -0.25) is 0 Å². The van der Waals surface area contributed by atoms with E-state index in [9.17, 15) is 17.6 Å². The van der Waals surface area contributed by atoms with Crippen LogP contribution in [0.3, 0.4) is 0 Å². The molecule has 0 aliphatic carbocycles. The summed E-state index contributed by atoms with van der Waals surface area (Å²) in [7, 11) is 0. The van der Waals surface area contributed by atoms with Crippen LogP contribution in [0.2, 0.25) is 0 Å². The fourth-order valence-corrected chi connectivity index (χ4v) is 1.94. The molecule has 0 saturated heterocycles. The zero-order valence-corrected chi connectivity index (χ0v) is 11.7. The number of hydrogen-bond donors (Lipinski definition) is 1. The predicted octanol–water partition coefficient (Wildman–Crippen LogP) is 4.41. The summed E-state index contributed by atoms with van der Waals surface area (Å²) in [5.41, 5.74) is 0.294. The third-order valence-corrected chi connectivity index (χ3v) is 3.07. The maximum Gasteiger partial charge on any atom is 0.195 e. The van der Waals surface area contributed by atoms with E-state index in [1.807, 2.05) is 13.8 Å². The predicted molar refractivity (Wildman–Crippen MR) is 73.7 cm³/mol. The molecule has 1 N–H and O–H groups in total. The second-order valence-corrected chi connectivity index (χ2v) is 5.07. The summed E-state index contributed by atoms with van der Waals surface area (Å²) < 4.78 is 53.9. The molecule has 0 fully saturated rings. The Morgan fingerprint density at radius 1 is 0.857 bits per heavy atom. The number of nitrogens with one attached hydrogen (secondary N) is 1. The molecule has 5 heteroatoms. The number of hydrogen-bond acceptors (Lipinski definition) is 1. The molecule has 112 valence electrons. The Labute approximate surface area is 120 Å². The van der Waals surface area contributed by atoms with Crippen LogP contribution in [0.15, 0.2) is 30.3 Å². The Hall–Kier alpha value is -1.88. The van der Waals surface area contributed by atoms with E-state index >= 15 is 0 Å². The third-order valence-electron chi connectivity index (χ3n) is 3.07. The molecule has 0 aliphatic heterocycles. The van der Waals surface area contributed by atoms with Crippen molar-refractivity contribution in [1.82, 2.24) is 5.32 Å². The zero-order valence-electron chi connectivity index (χ0n) is 11.7. The van der Waals surface area contributed by atoms with Crippen LogP contribution in [0.1, 0.15) is 19.4 Å². The monoisotopic (exact) mass is 297 g/mol. The number of benzene rings is 2. The molecule has 0 spiro atoms. The van der Waals surface area contributed by atoms with Gasteiger partial charge in [0.2, 0.25) is 0 Å². The van der Waals surface area contributed by atoms with Gasteiger partial charge in [-0.15, -0.1) is 0 Å². The summed E-state index contributed by atoms with van der Waals surface area (Å²) in [6.45, 7) is 4.39. The molecule has 0 aromatic heterocycles. The van der Waals surface area contributed by atoms with Crippen molar-refractivity contribution >= 4 is 0 Å². The average molecular weight is 297 g/mol. The van der Waals surface area contributed by atoms with Crippen LogP contribution < -0.4 is 5.32 Å². The highest BCUT2D eigenvalue weighted by atomic mass is 19.2. The highest BCUT2D eigenvalue weighted by molar-refractivity contribution is 5.65. The summed E-state index contributed by atoms with van der Waals surface area (Å²) in [6, 6.07) is 6.29. The molecule has 2 aromatic carbocycles. The second-order valence-electron chi connectivity index (χ2n) is 5.07. The molecule has 0 unspecified atom stereocenters. The van der Waals surface area contributed by atoms with E-state index in [4.69, 9.17) is 0 Å². The van der Waals surface area contributed by atoms with Crippen LogP contribution in [0.5, 0.6) is 0 Å². The summed E-state index contributed by atoms with van der Waals surface area (Å²) in [4.78, 5) is 0. The largest absolute Gasteiger partial charge is 0.310 e. The van der Waals surface area contributed by atoms with Gasteiger partial charge in [0.15, 0.2) is 17.5 Å². The van der Waals surface area contributed by atoms with Crippen molar-refractivity contribution in [1.29, 1.82) is 0 Å². The van der Waals surface area contributed by atoms with Crippen molar-refractivity contribution in [2.75, 3.05) is 0 Å². The van der Waals surface area contributed by atoms with Crippen LogP contribution >= 0.6 is 0 Å². The molecule has 21 heavy (non-hydrogen) atoms. The Morgan fingerprint density at radius 3 is 2.14 bits per heavy atom. The lowest BCUT2D eigenvalue weighted by Crippen LogP contribution is -2.21. The van der Waals surface area contributed by atoms with Crippen molar-refractivity contribution in [3.8, 4) is 11.1 Å². The molecule has 0 saturated carbocycles. The normalized spacial score (nSPS) is 11.2. The minimum Gasteiger partial charge on any atom is -0.310 e. The van der Waals surface area contributed by atoms with E-state index in [0.29, 0.717) is 12.1 Å². The smallest absolute Gasteiger partial charge is 0.195 e. The van der Waals surface area contributed by atoms with Gasteiger partial charge in [-0.2, -0.15) is 0 Å². The first-order chi connectivity index (χ1) is 9.90. The lowest BCUT2D eigenvalue weighted by molar-refractivity contribution is 0.448. The zero-order chi connectivity index (χ0) is 15.6. The van der Waals surface area contributed by atoms with Gasteiger partial charge in [-0.1, -0.05) is 26.0 Å². The Bertz CT molecular complexity index is 653. The minimum absolute atomic E-state index is 0.0975. The maximum atomic E-state index is 14.1. The van der Waals surface area contributed by atoms with Crippen LogP contribution in [0.4, 0.5) is 17.6 Å². The van der Waals surface area contributed by atoms with E-state index in [2.05, 4.69) is 5.32 Å². The molecule has 0 amide bonds. The lowest BCUT2D eigenvalue weighted by Gasteiger charge is -2.10. The van der Waals surface area contributed by atoms with Crippen LogP contribution in [0, 0.1) is 23.3 Å². The Kier molecular flexibility index (Phi) is 4.63. The quantitative estimate of drug-likeness (QED) is 0.651. The molecule has 0 atom stereocenters. The molecule has 2 aromatic rings. The van der Waals surface area contributed by atoms with Gasteiger partial charge in [-0.05, 0) is 23.8 Å². The van der Waals surface area contributed by atoms with Gasteiger partial charge in [0, 0.05) is 23.7 Å². The van der Waals surface area contributed by atoms with E-state index in [1.54, 1.807) is 6.07 Å². The Morgan fingerprint density at radius 2 is 1.52 bits per heavy atom. The van der Waals surface area contributed by atoms with Crippen molar-refractivity contribution in [3.05, 3.63) is 59.2 Å². The Balaban J connectivity index is 2.35. The van der Waals surface area contributed by atoms with Gasteiger partial charge < -0.3 is 5.32 Å².